The summed E-state index contributed by atoms with van der Waals surface area (Å²) in [5, 5.41) is 3.93. The summed E-state index contributed by atoms with van der Waals surface area (Å²) in [6.07, 6.45) is 0. The van der Waals surface area contributed by atoms with Gasteiger partial charge in [0.2, 0.25) is 0 Å². The molecule has 21 heavy (non-hydrogen) atoms. The Morgan fingerprint density at radius 3 is 2.48 bits per heavy atom. The van der Waals surface area contributed by atoms with Crippen molar-refractivity contribution < 1.29 is 9.26 Å². The van der Waals surface area contributed by atoms with E-state index >= 15 is 0 Å². The number of nitrogens with zero attached hydrogens (tertiary/aromatic N) is 2. The molecule has 0 spiro atoms. The second-order valence-corrected chi connectivity index (χ2v) is 6.05. The molecule has 0 fully saturated rings. The van der Waals surface area contributed by atoms with Gasteiger partial charge in [0.05, 0.1) is 12.6 Å². The van der Waals surface area contributed by atoms with E-state index < -0.39 is 0 Å². The first kappa shape index (κ1) is 15.7. The number of hydrogen-bond donors (Lipinski definition) is 1. The lowest BCUT2D eigenvalue weighted by Crippen LogP contribution is -2.18. The molecule has 0 radical (unpaired) electrons. The van der Waals surface area contributed by atoms with Gasteiger partial charge in [0, 0.05) is 12.2 Å². The standard InChI is InChI=1S/C16H23N3O2/c1-5-20-10-13(17)14-18-15(21-19-14)11-6-8-12(9-7-11)16(2,3)4/h6-9,13H,5,10,17H2,1-4H3. The van der Waals surface area contributed by atoms with E-state index in [4.69, 9.17) is 15.0 Å². The number of benzene rings is 1. The normalized spacial score (nSPS) is 13.4. The summed E-state index contributed by atoms with van der Waals surface area (Å²) in [5.74, 6) is 0.954. The molecule has 2 N–H and O–H groups in total. The molecule has 0 saturated heterocycles. The lowest BCUT2D eigenvalue weighted by Gasteiger charge is -2.18. The second kappa shape index (κ2) is 6.37. The van der Waals surface area contributed by atoms with Gasteiger partial charge in [-0.15, -0.1) is 0 Å². The molecular formula is C16H23N3O2. The van der Waals surface area contributed by atoms with Crippen LogP contribution in [0, 0.1) is 0 Å². The molecule has 1 heterocycles. The Hall–Kier alpha value is -1.72. The van der Waals surface area contributed by atoms with Gasteiger partial charge < -0.3 is 15.0 Å². The SMILES string of the molecule is CCOCC(N)c1noc(-c2ccc(C(C)(C)C)cc2)n1. The summed E-state index contributed by atoms with van der Waals surface area (Å²) in [4.78, 5) is 4.34. The summed E-state index contributed by atoms with van der Waals surface area (Å²) in [6.45, 7) is 9.47. The summed E-state index contributed by atoms with van der Waals surface area (Å²) in [5.41, 5.74) is 8.22. The van der Waals surface area contributed by atoms with E-state index in [1.165, 1.54) is 5.56 Å². The quantitative estimate of drug-likeness (QED) is 0.915. The van der Waals surface area contributed by atoms with Crippen molar-refractivity contribution in [3.63, 3.8) is 0 Å². The van der Waals surface area contributed by atoms with E-state index in [-0.39, 0.29) is 11.5 Å². The van der Waals surface area contributed by atoms with Crippen LogP contribution in [0.5, 0.6) is 0 Å². The second-order valence-electron chi connectivity index (χ2n) is 6.05. The van der Waals surface area contributed by atoms with Gasteiger partial charge in [0.25, 0.3) is 5.89 Å². The fourth-order valence-corrected chi connectivity index (χ4v) is 1.93. The number of ether oxygens (including phenoxy) is 1. The largest absolute Gasteiger partial charge is 0.380 e. The third-order valence-corrected chi connectivity index (χ3v) is 3.27. The summed E-state index contributed by atoms with van der Waals surface area (Å²) >= 11 is 0. The van der Waals surface area contributed by atoms with Gasteiger partial charge in [-0.25, -0.2) is 0 Å². The zero-order chi connectivity index (χ0) is 15.5. The van der Waals surface area contributed by atoms with Crippen molar-refractivity contribution in [2.24, 2.45) is 5.73 Å². The Kier molecular flexibility index (Phi) is 4.75. The Labute approximate surface area is 125 Å². The van der Waals surface area contributed by atoms with Gasteiger partial charge >= 0.3 is 0 Å². The fraction of sp³-hybridized carbons (Fsp3) is 0.500. The highest BCUT2D eigenvalue weighted by Gasteiger charge is 2.17. The Morgan fingerprint density at radius 1 is 1.24 bits per heavy atom. The number of nitrogens with two attached hydrogens (primary N) is 1. The Morgan fingerprint density at radius 2 is 1.90 bits per heavy atom. The highest BCUT2D eigenvalue weighted by atomic mass is 16.5. The van der Waals surface area contributed by atoms with Crippen LogP contribution in [-0.4, -0.2) is 23.4 Å². The maximum absolute atomic E-state index is 5.94. The molecule has 0 amide bonds. The minimum Gasteiger partial charge on any atom is -0.380 e. The molecule has 1 aromatic carbocycles. The van der Waals surface area contributed by atoms with Crippen LogP contribution < -0.4 is 5.73 Å². The predicted molar refractivity (Wildman–Crippen MR) is 81.9 cm³/mol. The van der Waals surface area contributed by atoms with Gasteiger partial charge in [0.1, 0.15) is 0 Å². The lowest BCUT2D eigenvalue weighted by atomic mass is 9.87. The molecule has 5 heteroatoms. The fourth-order valence-electron chi connectivity index (χ4n) is 1.93. The third-order valence-electron chi connectivity index (χ3n) is 3.27. The highest BCUT2D eigenvalue weighted by molar-refractivity contribution is 5.53. The molecule has 1 unspecified atom stereocenters. The number of aromatic nitrogens is 2. The van der Waals surface area contributed by atoms with Crippen molar-refractivity contribution in [2.45, 2.75) is 39.2 Å². The number of rotatable bonds is 5. The Bertz CT molecular complexity index is 570. The lowest BCUT2D eigenvalue weighted by molar-refractivity contribution is 0.130. The van der Waals surface area contributed by atoms with Gasteiger partial charge in [0.15, 0.2) is 5.82 Å². The average molecular weight is 289 g/mol. The van der Waals surface area contributed by atoms with Gasteiger partial charge in [-0.2, -0.15) is 4.98 Å². The molecule has 0 bridgehead atoms. The molecular weight excluding hydrogens is 266 g/mol. The van der Waals surface area contributed by atoms with Crippen LogP contribution in [0.15, 0.2) is 28.8 Å². The Balaban J connectivity index is 2.14. The number of hydrogen-bond acceptors (Lipinski definition) is 5. The molecule has 0 aliphatic carbocycles. The zero-order valence-corrected chi connectivity index (χ0v) is 13.1. The molecule has 0 aliphatic heterocycles. The van der Waals surface area contributed by atoms with Crippen molar-refractivity contribution >= 4 is 0 Å². The van der Waals surface area contributed by atoms with E-state index in [0.29, 0.717) is 24.9 Å². The summed E-state index contributed by atoms with van der Waals surface area (Å²) in [6, 6.07) is 7.78. The van der Waals surface area contributed by atoms with Crippen molar-refractivity contribution in [3.8, 4) is 11.5 Å². The van der Waals surface area contributed by atoms with Gasteiger partial charge in [-0.3, -0.25) is 0 Å². The van der Waals surface area contributed by atoms with Gasteiger partial charge in [-0.05, 0) is 30.0 Å². The first-order chi connectivity index (χ1) is 9.91. The first-order valence-corrected chi connectivity index (χ1v) is 7.19. The predicted octanol–water partition coefficient (Wildman–Crippen LogP) is 3.07. The van der Waals surface area contributed by atoms with Crippen molar-refractivity contribution in [1.82, 2.24) is 10.1 Å². The highest BCUT2D eigenvalue weighted by Crippen LogP contribution is 2.25. The van der Waals surface area contributed by atoms with Crippen LogP contribution >= 0.6 is 0 Å². The minimum absolute atomic E-state index is 0.123. The molecule has 2 rings (SSSR count). The van der Waals surface area contributed by atoms with Crippen LogP contribution in [0.25, 0.3) is 11.5 Å². The van der Waals surface area contributed by atoms with Crippen molar-refractivity contribution in [1.29, 1.82) is 0 Å². The van der Waals surface area contributed by atoms with Crippen LogP contribution in [-0.2, 0) is 10.2 Å². The maximum Gasteiger partial charge on any atom is 0.257 e. The van der Waals surface area contributed by atoms with Crippen LogP contribution in [0.2, 0.25) is 0 Å². The van der Waals surface area contributed by atoms with Crippen LogP contribution in [0.1, 0.15) is 45.1 Å². The van der Waals surface area contributed by atoms with E-state index in [1.807, 2.05) is 19.1 Å². The third kappa shape index (κ3) is 3.89. The smallest absolute Gasteiger partial charge is 0.257 e. The molecule has 1 atom stereocenters. The van der Waals surface area contributed by atoms with Crippen molar-refractivity contribution in [2.75, 3.05) is 13.2 Å². The molecule has 5 nitrogen and oxygen atoms in total. The molecule has 1 aromatic heterocycles. The first-order valence-electron chi connectivity index (χ1n) is 7.19. The van der Waals surface area contributed by atoms with Crippen LogP contribution in [0.3, 0.4) is 0 Å². The minimum atomic E-state index is -0.365. The van der Waals surface area contributed by atoms with Crippen molar-refractivity contribution in [3.05, 3.63) is 35.7 Å². The van der Waals surface area contributed by atoms with Crippen LogP contribution in [0.4, 0.5) is 0 Å². The van der Waals surface area contributed by atoms with E-state index in [2.05, 4.69) is 43.0 Å². The summed E-state index contributed by atoms with van der Waals surface area (Å²) in [7, 11) is 0. The topological polar surface area (TPSA) is 74.2 Å². The average Bonchev–Trinajstić information content (AvgIpc) is 2.94. The van der Waals surface area contributed by atoms with Gasteiger partial charge in [-0.1, -0.05) is 38.1 Å². The molecule has 0 saturated carbocycles. The zero-order valence-electron chi connectivity index (χ0n) is 13.1. The molecule has 0 aliphatic rings. The summed E-state index contributed by atoms with van der Waals surface area (Å²) < 4.78 is 10.6. The van der Waals surface area contributed by atoms with E-state index in [0.717, 1.165) is 5.56 Å². The maximum atomic E-state index is 5.94. The van der Waals surface area contributed by atoms with E-state index in [9.17, 15) is 0 Å². The monoisotopic (exact) mass is 289 g/mol. The molecule has 114 valence electrons. The molecule has 2 aromatic rings. The van der Waals surface area contributed by atoms with E-state index in [1.54, 1.807) is 0 Å².